The predicted molar refractivity (Wildman–Crippen MR) is 131 cm³/mol. The van der Waals surface area contributed by atoms with Crippen molar-refractivity contribution in [3.8, 4) is 17.6 Å². The van der Waals surface area contributed by atoms with Gasteiger partial charge in [0.25, 0.3) is 5.82 Å². The number of ether oxygens (including phenoxy) is 4. The molecule has 0 unspecified atom stereocenters. The molecule has 4 aliphatic rings. The summed E-state index contributed by atoms with van der Waals surface area (Å²) in [5.41, 5.74) is 4.45. The summed E-state index contributed by atoms with van der Waals surface area (Å²) in [6.07, 6.45) is 2.29. The van der Waals surface area contributed by atoms with Crippen molar-refractivity contribution in [2.45, 2.75) is 25.7 Å². The third-order valence-electron chi connectivity index (χ3n) is 7.86. The van der Waals surface area contributed by atoms with Crippen molar-refractivity contribution < 1.29 is 23.7 Å². The second-order valence-electron chi connectivity index (χ2n) is 10.3. The number of benzene rings is 2. The Morgan fingerprint density at radius 3 is 2.24 bits per heavy atom. The number of aromatic nitrogens is 3. The molecule has 3 aromatic rings. The molecule has 5 heterocycles. The van der Waals surface area contributed by atoms with E-state index in [9.17, 15) is 4.79 Å². The first-order valence-electron chi connectivity index (χ1n) is 12.6. The molecular formula is C27H26N6O5. The van der Waals surface area contributed by atoms with Crippen LogP contribution in [0.5, 0.6) is 11.5 Å². The van der Waals surface area contributed by atoms with E-state index in [4.69, 9.17) is 24.2 Å². The number of hydrogen-bond acceptors (Lipinski definition) is 9. The molecule has 11 heteroatoms. The molecule has 4 aliphatic heterocycles. The molecule has 0 atom stereocenters. The number of carbonyl (C=O) groups is 1. The maximum Gasteiger partial charge on any atom is 0.346 e. The zero-order valence-electron chi connectivity index (χ0n) is 20.7. The molecule has 38 heavy (non-hydrogen) atoms. The maximum absolute atomic E-state index is 12.8. The lowest BCUT2D eigenvalue weighted by Crippen LogP contribution is -2.60. The summed E-state index contributed by atoms with van der Waals surface area (Å²) >= 11 is 0. The van der Waals surface area contributed by atoms with Gasteiger partial charge in [-0.05, 0) is 48.4 Å². The summed E-state index contributed by atoms with van der Waals surface area (Å²) in [5.74, 6) is 1.72. The first kappa shape index (κ1) is 23.2. The van der Waals surface area contributed by atoms with Crippen LogP contribution in [0.3, 0.4) is 0 Å². The quantitative estimate of drug-likeness (QED) is 0.520. The largest absolute Gasteiger partial charge is 0.467 e. The topological polar surface area (TPSA) is 115 Å². The van der Waals surface area contributed by atoms with E-state index in [1.807, 2.05) is 18.2 Å². The van der Waals surface area contributed by atoms with Crippen molar-refractivity contribution in [3.05, 3.63) is 70.8 Å². The minimum atomic E-state index is -0.246. The van der Waals surface area contributed by atoms with Crippen LogP contribution in [0.15, 0.2) is 42.7 Å². The van der Waals surface area contributed by atoms with E-state index in [1.165, 1.54) is 17.5 Å². The van der Waals surface area contributed by atoms with Crippen molar-refractivity contribution in [2.75, 3.05) is 39.8 Å². The fraction of sp³-hybridized carbons (Fsp3) is 0.407. The van der Waals surface area contributed by atoms with Gasteiger partial charge >= 0.3 is 6.03 Å². The minimum absolute atomic E-state index is 0.00910. The number of hydrogen-bond donors (Lipinski definition) is 0. The smallest absolute Gasteiger partial charge is 0.346 e. The number of nitriles is 1. The minimum Gasteiger partial charge on any atom is -0.467 e. The first-order chi connectivity index (χ1) is 18.6. The number of likely N-dealkylation sites (tertiary alicyclic amines) is 2. The standard InChI is InChI=1S/C27H26N6O5/c28-9-24-29-15-33(30-24)26(34)32-13-27(14-32)5-6-31(12-27)25(18-1-3-22-20(7-18)10-35-16-37-22)19-2-4-23-21(8-19)11-36-17-38-23/h1-4,7-8,15,25H,5-6,10-14,16-17H2. The van der Waals surface area contributed by atoms with Gasteiger partial charge in [-0.15, -0.1) is 5.10 Å². The van der Waals surface area contributed by atoms with Crippen LogP contribution in [-0.4, -0.2) is 70.4 Å². The van der Waals surface area contributed by atoms with Gasteiger partial charge in [-0.3, -0.25) is 4.90 Å². The van der Waals surface area contributed by atoms with Crippen molar-refractivity contribution in [1.29, 1.82) is 5.26 Å². The number of fused-ring (bicyclic) bond motifs is 2. The summed E-state index contributed by atoms with van der Waals surface area (Å²) in [7, 11) is 0. The van der Waals surface area contributed by atoms with Gasteiger partial charge in [0.1, 0.15) is 23.9 Å². The molecule has 2 fully saturated rings. The third kappa shape index (κ3) is 3.98. The van der Waals surface area contributed by atoms with E-state index in [1.54, 1.807) is 4.90 Å². The van der Waals surface area contributed by atoms with E-state index < -0.39 is 0 Å². The molecule has 1 amide bonds. The number of rotatable bonds is 3. The van der Waals surface area contributed by atoms with Crippen molar-refractivity contribution in [3.63, 3.8) is 0 Å². The molecule has 7 rings (SSSR count). The molecule has 11 nitrogen and oxygen atoms in total. The van der Waals surface area contributed by atoms with E-state index >= 15 is 0 Å². The predicted octanol–water partition coefficient (Wildman–Crippen LogP) is 2.65. The van der Waals surface area contributed by atoms with Crippen molar-refractivity contribution in [2.24, 2.45) is 5.41 Å². The Morgan fingerprint density at radius 1 is 0.974 bits per heavy atom. The summed E-state index contributed by atoms with van der Waals surface area (Å²) < 4.78 is 23.6. The number of carbonyl (C=O) groups excluding carboxylic acids is 1. The SMILES string of the molecule is N#Cc1ncn(C(=O)N2CC3(CCN(C(c4ccc5c(c4)COCO5)c4ccc5c(c4)COCO5)C3)C2)n1. The van der Waals surface area contributed by atoms with E-state index in [-0.39, 0.29) is 36.9 Å². The molecule has 0 radical (unpaired) electrons. The monoisotopic (exact) mass is 514 g/mol. The van der Waals surface area contributed by atoms with Crippen LogP contribution < -0.4 is 9.47 Å². The van der Waals surface area contributed by atoms with Crippen LogP contribution >= 0.6 is 0 Å². The van der Waals surface area contributed by atoms with Crippen LogP contribution in [0.25, 0.3) is 0 Å². The Bertz CT molecular complexity index is 1380. The molecule has 1 aromatic heterocycles. The molecule has 0 N–H and O–H groups in total. The lowest BCUT2D eigenvalue weighted by molar-refractivity contribution is -0.0164. The Morgan fingerprint density at radius 2 is 1.63 bits per heavy atom. The Hall–Kier alpha value is -3.98. The van der Waals surface area contributed by atoms with Gasteiger partial charge in [0.15, 0.2) is 13.6 Å². The zero-order valence-corrected chi connectivity index (χ0v) is 20.7. The Labute approximate surface area is 219 Å². The zero-order chi connectivity index (χ0) is 25.7. The fourth-order valence-corrected chi connectivity index (χ4v) is 6.07. The number of amides is 1. The van der Waals surface area contributed by atoms with Gasteiger partial charge in [-0.1, -0.05) is 12.1 Å². The molecule has 194 valence electrons. The normalized spacial score (nSPS) is 19.7. The van der Waals surface area contributed by atoms with Gasteiger partial charge in [-0.2, -0.15) is 9.94 Å². The van der Waals surface area contributed by atoms with Gasteiger partial charge < -0.3 is 23.8 Å². The highest BCUT2D eigenvalue weighted by Crippen LogP contribution is 2.45. The van der Waals surface area contributed by atoms with Crippen molar-refractivity contribution >= 4 is 6.03 Å². The third-order valence-corrected chi connectivity index (χ3v) is 7.86. The summed E-state index contributed by atoms with van der Waals surface area (Å²) in [5, 5.41) is 12.9. The second kappa shape index (κ2) is 9.09. The highest BCUT2D eigenvalue weighted by Gasteiger charge is 2.51. The van der Waals surface area contributed by atoms with Crippen molar-refractivity contribution in [1.82, 2.24) is 24.6 Å². The highest BCUT2D eigenvalue weighted by atomic mass is 16.7. The molecule has 0 aliphatic carbocycles. The number of nitrogens with zero attached hydrogens (tertiary/aromatic N) is 6. The summed E-state index contributed by atoms with van der Waals surface area (Å²) in [6, 6.07) is 14.4. The Balaban J connectivity index is 1.15. The van der Waals surface area contributed by atoms with Crippen LogP contribution in [0.2, 0.25) is 0 Å². The van der Waals surface area contributed by atoms with E-state index in [0.717, 1.165) is 46.8 Å². The second-order valence-corrected chi connectivity index (χ2v) is 10.3. The van der Waals surface area contributed by atoms with E-state index in [0.29, 0.717) is 26.3 Å². The average Bonchev–Trinajstić information content (AvgIpc) is 3.60. The molecule has 2 saturated heterocycles. The average molecular weight is 515 g/mol. The lowest BCUT2D eigenvalue weighted by atomic mass is 9.79. The van der Waals surface area contributed by atoms with Gasteiger partial charge in [-0.25, -0.2) is 9.78 Å². The molecule has 0 bridgehead atoms. The lowest BCUT2D eigenvalue weighted by Gasteiger charge is -2.48. The summed E-state index contributed by atoms with van der Waals surface area (Å²) in [6.45, 7) is 4.66. The van der Waals surface area contributed by atoms with Crippen LogP contribution in [0.4, 0.5) is 4.79 Å². The molecule has 1 spiro atoms. The van der Waals surface area contributed by atoms with Crippen LogP contribution in [0, 0.1) is 16.7 Å². The molecular weight excluding hydrogens is 488 g/mol. The van der Waals surface area contributed by atoms with Crippen LogP contribution in [0.1, 0.15) is 40.5 Å². The summed E-state index contributed by atoms with van der Waals surface area (Å²) in [4.78, 5) is 21.0. The van der Waals surface area contributed by atoms with Crippen LogP contribution in [-0.2, 0) is 22.7 Å². The maximum atomic E-state index is 12.8. The van der Waals surface area contributed by atoms with Gasteiger partial charge in [0, 0.05) is 36.2 Å². The van der Waals surface area contributed by atoms with Gasteiger partial charge in [0.05, 0.1) is 19.3 Å². The molecule has 2 aromatic carbocycles. The Kier molecular flexibility index (Phi) is 5.54. The highest BCUT2D eigenvalue weighted by molar-refractivity contribution is 5.76. The van der Waals surface area contributed by atoms with Gasteiger partial charge in [0.2, 0.25) is 0 Å². The molecule has 0 saturated carbocycles. The fourth-order valence-electron chi connectivity index (χ4n) is 6.07. The first-order valence-corrected chi connectivity index (χ1v) is 12.6. The van der Waals surface area contributed by atoms with E-state index in [2.05, 4.69) is 39.2 Å².